The van der Waals surface area contributed by atoms with Crippen LogP contribution in [0.5, 0.6) is 0 Å². The van der Waals surface area contributed by atoms with Gasteiger partial charge in [-0.1, -0.05) is 18.2 Å². The number of benzene rings is 2. The number of hydrogen-bond acceptors (Lipinski definition) is 2. The molecule has 102 valence electrons. The zero-order valence-electron chi connectivity index (χ0n) is 11.2. The summed E-state index contributed by atoms with van der Waals surface area (Å²) in [6, 6.07) is 10.8. The van der Waals surface area contributed by atoms with Crippen LogP contribution < -0.4 is 5.32 Å². The lowest BCUT2D eigenvalue weighted by Crippen LogP contribution is -2.12. The molecule has 2 rings (SSSR count). The van der Waals surface area contributed by atoms with Crippen LogP contribution in [0.3, 0.4) is 0 Å². The Morgan fingerprint density at radius 1 is 1.00 bits per heavy atom. The lowest BCUT2D eigenvalue weighted by atomic mass is 10.1. The van der Waals surface area contributed by atoms with E-state index >= 15 is 0 Å². The molecule has 0 fully saturated rings. The monoisotopic (exact) mass is 271 g/mol. The van der Waals surface area contributed by atoms with Crippen molar-refractivity contribution in [3.8, 4) is 0 Å². The summed E-state index contributed by atoms with van der Waals surface area (Å²) in [7, 11) is 0. The second-order valence-electron chi connectivity index (χ2n) is 4.55. The Kier molecular flexibility index (Phi) is 3.94. The molecule has 0 aliphatic rings. The zero-order valence-corrected chi connectivity index (χ0v) is 11.2. The van der Waals surface area contributed by atoms with Gasteiger partial charge >= 0.3 is 0 Å². The topological polar surface area (TPSA) is 46.2 Å². The van der Waals surface area contributed by atoms with Crippen LogP contribution in [0.25, 0.3) is 0 Å². The van der Waals surface area contributed by atoms with Crippen LogP contribution in [-0.4, -0.2) is 11.7 Å². The van der Waals surface area contributed by atoms with Crippen molar-refractivity contribution < 1.29 is 14.0 Å². The number of nitrogens with one attached hydrogen (secondary N) is 1. The van der Waals surface area contributed by atoms with Crippen molar-refractivity contribution in [3.63, 3.8) is 0 Å². The van der Waals surface area contributed by atoms with Gasteiger partial charge in [0.15, 0.2) is 5.78 Å². The fourth-order valence-corrected chi connectivity index (χ4v) is 1.73. The Hall–Kier alpha value is -2.49. The van der Waals surface area contributed by atoms with E-state index in [0.29, 0.717) is 22.4 Å². The van der Waals surface area contributed by atoms with E-state index in [1.807, 2.05) is 0 Å². The summed E-state index contributed by atoms with van der Waals surface area (Å²) < 4.78 is 13.4. The highest BCUT2D eigenvalue weighted by molar-refractivity contribution is 6.05. The van der Waals surface area contributed by atoms with E-state index in [-0.39, 0.29) is 17.5 Å². The molecule has 1 amide bonds. The summed E-state index contributed by atoms with van der Waals surface area (Å²) in [4.78, 5) is 23.1. The first-order valence-corrected chi connectivity index (χ1v) is 6.16. The average molecular weight is 271 g/mol. The van der Waals surface area contributed by atoms with Gasteiger partial charge in [-0.25, -0.2) is 4.39 Å². The molecule has 0 saturated heterocycles. The maximum Gasteiger partial charge on any atom is 0.255 e. The molecule has 0 spiro atoms. The highest BCUT2D eigenvalue weighted by atomic mass is 19.1. The highest BCUT2D eigenvalue weighted by Gasteiger charge is 2.08. The summed E-state index contributed by atoms with van der Waals surface area (Å²) in [5.41, 5.74) is 1.88. The average Bonchev–Trinajstić information content (AvgIpc) is 2.43. The van der Waals surface area contributed by atoms with Crippen LogP contribution >= 0.6 is 0 Å². The van der Waals surface area contributed by atoms with Gasteiger partial charge in [-0.3, -0.25) is 9.59 Å². The molecular formula is C16H14FNO2. The lowest BCUT2D eigenvalue weighted by molar-refractivity contribution is 0.100. The Labute approximate surface area is 116 Å². The van der Waals surface area contributed by atoms with E-state index in [2.05, 4.69) is 5.32 Å². The van der Waals surface area contributed by atoms with Crippen molar-refractivity contribution in [2.75, 3.05) is 5.32 Å². The molecule has 2 aromatic rings. The van der Waals surface area contributed by atoms with E-state index in [4.69, 9.17) is 0 Å². The van der Waals surface area contributed by atoms with Gasteiger partial charge < -0.3 is 5.32 Å². The first-order chi connectivity index (χ1) is 9.47. The predicted molar refractivity (Wildman–Crippen MR) is 75.5 cm³/mol. The van der Waals surface area contributed by atoms with E-state index in [0.717, 1.165) is 0 Å². The quantitative estimate of drug-likeness (QED) is 0.867. The molecule has 0 radical (unpaired) electrons. The van der Waals surface area contributed by atoms with E-state index < -0.39 is 0 Å². The summed E-state index contributed by atoms with van der Waals surface area (Å²) >= 11 is 0. The molecule has 2 aromatic carbocycles. The highest BCUT2D eigenvalue weighted by Crippen LogP contribution is 2.15. The maximum absolute atomic E-state index is 13.4. The molecule has 0 unspecified atom stereocenters. The van der Waals surface area contributed by atoms with Crippen molar-refractivity contribution in [3.05, 3.63) is 65.0 Å². The molecule has 3 nitrogen and oxygen atoms in total. The van der Waals surface area contributed by atoms with Gasteiger partial charge in [0.05, 0.1) is 0 Å². The number of carbonyl (C=O) groups excluding carboxylic acids is 2. The smallest absolute Gasteiger partial charge is 0.255 e. The number of ketones is 1. The van der Waals surface area contributed by atoms with Crippen molar-refractivity contribution in [2.45, 2.75) is 13.8 Å². The summed E-state index contributed by atoms with van der Waals surface area (Å²) in [5, 5.41) is 2.61. The Morgan fingerprint density at radius 2 is 1.60 bits per heavy atom. The van der Waals surface area contributed by atoms with Crippen LogP contribution in [0.15, 0.2) is 42.5 Å². The molecule has 0 aromatic heterocycles. The molecule has 20 heavy (non-hydrogen) atoms. The van der Waals surface area contributed by atoms with Gasteiger partial charge in [-0.2, -0.15) is 0 Å². The molecule has 0 aliphatic heterocycles. The minimum atomic E-state index is -0.366. The number of Topliss-reactive ketones (excluding diaryl/α,β-unsaturated/α-hetero) is 1. The fraction of sp³-hybridized carbons (Fsp3) is 0.125. The Balaban J connectivity index is 2.15. The van der Waals surface area contributed by atoms with Gasteiger partial charge in [-0.05, 0) is 43.7 Å². The molecule has 0 aliphatic carbocycles. The number of amides is 1. The third-order valence-electron chi connectivity index (χ3n) is 2.98. The van der Waals surface area contributed by atoms with Crippen molar-refractivity contribution in [1.29, 1.82) is 0 Å². The second kappa shape index (κ2) is 5.65. The van der Waals surface area contributed by atoms with Gasteiger partial charge in [0.1, 0.15) is 5.82 Å². The number of hydrogen-bond donors (Lipinski definition) is 1. The minimum Gasteiger partial charge on any atom is -0.322 e. The van der Waals surface area contributed by atoms with Crippen molar-refractivity contribution in [2.24, 2.45) is 0 Å². The maximum atomic E-state index is 13.4. The number of carbonyl (C=O) groups is 2. The van der Waals surface area contributed by atoms with Crippen LogP contribution in [-0.2, 0) is 0 Å². The first-order valence-electron chi connectivity index (χ1n) is 6.16. The van der Waals surface area contributed by atoms with Gasteiger partial charge in [-0.15, -0.1) is 0 Å². The van der Waals surface area contributed by atoms with Crippen LogP contribution in [0.4, 0.5) is 10.1 Å². The Morgan fingerprint density at radius 3 is 2.15 bits per heavy atom. The van der Waals surface area contributed by atoms with Crippen LogP contribution in [0.1, 0.15) is 33.2 Å². The van der Waals surface area contributed by atoms with Crippen LogP contribution in [0.2, 0.25) is 0 Å². The largest absolute Gasteiger partial charge is 0.322 e. The molecule has 0 heterocycles. The molecule has 0 bridgehead atoms. The fourth-order valence-electron chi connectivity index (χ4n) is 1.73. The lowest BCUT2D eigenvalue weighted by Gasteiger charge is -2.06. The van der Waals surface area contributed by atoms with Crippen LogP contribution in [0, 0.1) is 12.7 Å². The van der Waals surface area contributed by atoms with Gasteiger partial charge in [0.25, 0.3) is 5.91 Å². The predicted octanol–water partition coefficient (Wildman–Crippen LogP) is 3.59. The Bertz CT molecular complexity index is 663. The van der Waals surface area contributed by atoms with Crippen molar-refractivity contribution in [1.82, 2.24) is 0 Å². The second-order valence-corrected chi connectivity index (χ2v) is 4.55. The minimum absolute atomic E-state index is 0.0578. The van der Waals surface area contributed by atoms with Crippen molar-refractivity contribution >= 4 is 17.4 Å². The van der Waals surface area contributed by atoms with E-state index in [1.165, 1.54) is 13.0 Å². The van der Waals surface area contributed by atoms with Gasteiger partial charge in [0, 0.05) is 16.8 Å². The summed E-state index contributed by atoms with van der Waals surface area (Å²) in [5.74, 6) is -0.768. The number of anilines is 1. The third kappa shape index (κ3) is 3.09. The van der Waals surface area contributed by atoms with Gasteiger partial charge in [0.2, 0.25) is 0 Å². The molecule has 4 heteroatoms. The number of aryl methyl sites for hydroxylation is 1. The van der Waals surface area contributed by atoms with E-state index in [9.17, 15) is 14.0 Å². The number of rotatable bonds is 3. The molecule has 1 N–H and O–H groups in total. The third-order valence-corrected chi connectivity index (χ3v) is 2.98. The molecule has 0 saturated carbocycles. The standard InChI is InChI=1S/C16H14FNO2/c1-10-3-8-14(9-15(10)17)18-16(20)13-6-4-12(5-7-13)11(2)19/h3-9H,1-2H3,(H,18,20). The molecule has 0 atom stereocenters. The summed E-state index contributed by atoms with van der Waals surface area (Å²) in [6.07, 6.45) is 0. The van der Waals surface area contributed by atoms with E-state index in [1.54, 1.807) is 43.3 Å². The summed E-state index contributed by atoms with van der Waals surface area (Å²) in [6.45, 7) is 3.12. The number of halogens is 1. The zero-order chi connectivity index (χ0) is 14.7. The first kappa shape index (κ1) is 13.9. The SMILES string of the molecule is CC(=O)c1ccc(C(=O)Nc2ccc(C)c(F)c2)cc1. The molecular weight excluding hydrogens is 257 g/mol. The normalized spacial score (nSPS) is 10.2.